The van der Waals surface area contributed by atoms with Gasteiger partial charge in [-0.15, -0.1) is 0 Å². The number of benzene rings is 1. The highest BCUT2D eigenvalue weighted by Gasteiger charge is 2.44. The molecule has 2 unspecified atom stereocenters. The topological polar surface area (TPSA) is 53.2 Å². The molecule has 2 atom stereocenters. The Morgan fingerprint density at radius 1 is 1.18 bits per heavy atom. The third-order valence-electron chi connectivity index (χ3n) is 3.88. The van der Waals surface area contributed by atoms with Crippen LogP contribution in [0.25, 0.3) is 0 Å². The molecule has 2 aliphatic rings. The van der Waals surface area contributed by atoms with Crippen LogP contribution in [0.2, 0.25) is 0 Å². The van der Waals surface area contributed by atoms with Gasteiger partial charge in [0.1, 0.15) is 0 Å². The average molecular weight is 229 g/mol. The van der Waals surface area contributed by atoms with Crippen LogP contribution in [0.5, 0.6) is 0 Å². The second-order valence-corrected chi connectivity index (χ2v) is 5.09. The lowest BCUT2D eigenvalue weighted by molar-refractivity contribution is -0.115. The van der Waals surface area contributed by atoms with E-state index in [0.717, 1.165) is 18.4 Å². The van der Waals surface area contributed by atoms with Crippen molar-refractivity contribution in [2.75, 3.05) is 0 Å². The zero-order valence-electron chi connectivity index (χ0n) is 9.60. The van der Waals surface area contributed by atoms with Gasteiger partial charge in [0, 0.05) is 12.8 Å². The van der Waals surface area contributed by atoms with Gasteiger partial charge in [0.25, 0.3) is 0 Å². The first-order valence-electron chi connectivity index (χ1n) is 6.08. The van der Waals surface area contributed by atoms with Crippen LogP contribution in [-0.4, -0.2) is 17.3 Å². The first kappa shape index (κ1) is 10.8. The minimum Gasteiger partial charge on any atom is -0.385 e. The van der Waals surface area contributed by atoms with Gasteiger partial charge in [0.15, 0.2) is 0 Å². The van der Waals surface area contributed by atoms with Crippen LogP contribution in [0.3, 0.4) is 0 Å². The third kappa shape index (κ3) is 1.84. The van der Waals surface area contributed by atoms with E-state index < -0.39 is 5.60 Å². The smallest absolute Gasteiger partial charge is 0.0991 e. The summed E-state index contributed by atoms with van der Waals surface area (Å²) in [6.45, 7) is 0. The predicted octanol–water partition coefficient (Wildman–Crippen LogP) is 2.09. The summed E-state index contributed by atoms with van der Waals surface area (Å²) in [5, 5.41) is 19.5. The molecule has 17 heavy (non-hydrogen) atoms. The summed E-state index contributed by atoms with van der Waals surface area (Å²) in [5.74, 6) is 0. The zero-order valence-corrected chi connectivity index (χ0v) is 9.60. The molecule has 3 nitrogen and oxygen atoms in total. The molecule has 1 aromatic rings. The molecule has 2 heterocycles. The molecule has 2 bridgehead atoms. The van der Waals surface area contributed by atoms with Crippen molar-refractivity contribution >= 4 is 0 Å². The van der Waals surface area contributed by atoms with Crippen molar-refractivity contribution in [2.45, 2.75) is 43.5 Å². The summed E-state index contributed by atoms with van der Waals surface area (Å²) in [5.41, 5.74) is 0.780. The molecule has 2 fully saturated rings. The van der Waals surface area contributed by atoms with E-state index in [9.17, 15) is 5.11 Å². The Morgan fingerprint density at radius 2 is 1.76 bits per heavy atom. The van der Waals surface area contributed by atoms with Crippen LogP contribution >= 0.6 is 0 Å². The molecule has 2 saturated heterocycles. The van der Waals surface area contributed by atoms with Crippen LogP contribution in [0.1, 0.15) is 36.8 Å². The van der Waals surface area contributed by atoms with Crippen molar-refractivity contribution in [1.29, 1.82) is 5.26 Å². The number of hydrogen-bond acceptors (Lipinski definition) is 3. The Hall–Kier alpha value is -1.37. The molecule has 0 aromatic heterocycles. The van der Waals surface area contributed by atoms with Crippen molar-refractivity contribution in [1.82, 2.24) is 0 Å². The second kappa shape index (κ2) is 3.83. The van der Waals surface area contributed by atoms with Crippen LogP contribution in [0, 0.1) is 11.3 Å². The molecule has 88 valence electrons. The number of aliphatic hydroxyl groups is 1. The van der Waals surface area contributed by atoms with Crippen LogP contribution < -0.4 is 0 Å². The summed E-state index contributed by atoms with van der Waals surface area (Å²) in [7, 11) is 0. The number of hydrogen-bond donors (Lipinski definition) is 1. The van der Waals surface area contributed by atoms with E-state index in [-0.39, 0.29) is 12.2 Å². The monoisotopic (exact) mass is 229 g/mol. The van der Waals surface area contributed by atoms with E-state index in [1.54, 1.807) is 12.1 Å². The van der Waals surface area contributed by atoms with Crippen molar-refractivity contribution in [3.63, 3.8) is 0 Å². The zero-order chi connectivity index (χ0) is 11.9. The molecule has 0 spiro atoms. The van der Waals surface area contributed by atoms with Gasteiger partial charge in [-0.05, 0) is 30.5 Å². The highest BCUT2D eigenvalue weighted by atomic mass is 16.5. The molecule has 2 aliphatic heterocycles. The number of nitrogens with zero attached hydrogens (tertiary/aromatic N) is 1. The minimum atomic E-state index is -0.766. The van der Waals surface area contributed by atoms with Gasteiger partial charge in [-0.2, -0.15) is 5.26 Å². The normalized spacial score (nSPS) is 35.5. The summed E-state index contributed by atoms with van der Waals surface area (Å²) in [6.07, 6.45) is 3.88. The summed E-state index contributed by atoms with van der Waals surface area (Å²) >= 11 is 0. The van der Waals surface area contributed by atoms with E-state index in [0.29, 0.717) is 18.4 Å². The Kier molecular flexibility index (Phi) is 2.43. The van der Waals surface area contributed by atoms with E-state index in [4.69, 9.17) is 10.00 Å². The number of nitriles is 1. The van der Waals surface area contributed by atoms with Crippen LogP contribution in [-0.2, 0) is 10.3 Å². The molecule has 0 radical (unpaired) electrons. The standard InChI is InChI=1S/C14H15NO2/c15-9-10-1-3-11(4-2-10)14(16)7-12-5-6-13(8-14)17-12/h1-4,12-13,16H,5-8H2. The Bertz CT molecular complexity index is 448. The second-order valence-electron chi connectivity index (χ2n) is 5.09. The molecular formula is C14H15NO2. The largest absolute Gasteiger partial charge is 0.385 e. The van der Waals surface area contributed by atoms with Crippen molar-refractivity contribution in [2.24, 2.45) is 0 Å². The lowest BCUT2D eigenvalue weighted by Crippen LogP contribution is -2.38. The molecule has 1 N–H and O–H groups in total. The molecular weight excluding hydrogens is 214 g/mol. The van der Waals surface area contributed by atoms with Gasteiger partial charge in [-0.25, -0.2) is 0 Å². The first-order valence-corrected chi connectivity index (χ1v) is 6.08. The molecule has 0 saturated carbocycles. The van der Waals surface area contributed by atoms with E-state index in [2.05, 4.69) is 6.07 Å². The number of ether oxygens (including phenoxy) is 1. The van der Waals surface area contributed by atoms with Crippen molar-refractivity contribution in [3.8, 4) is 6.07 Å². The maximum absolute atomic E-state index is 10.7. The van der Waals surface area contributed by atoms with Gasteiger partial charge >= 0.3 is 0 Å². The fourth-order valence-electron chi connectivity index (χ4n) is 3.01. The lowest BCUT2D eigenvalue weighted by Gasteiger charge is -2.36. The lowest BCUT2D eigenvalue weighted by atomic mass is 9.83. The van der Waals surface area contributed by atoms with Crippen molar-refractivity contribution in [3.05, 3.63) is 35.4 Å². The third-order valence-corrected chi connectivity index (χ3v) is 3.88. The van der Waals surface area contributed by atoms with E-state index in [1.165, 1.54) is 0 Å². The van der Waals surface area contributed by atoms with Gasteiger partial charge < -0.3 is 9.84 Å². The molecule has 0 amide bonds. The van der Waals surface area contributed by atoms with Crippen molar-refractivity contribution < 1.29 is 9.84 Å². The SMILES string of the molecule is N#Cc1ccc(C2(O)CC3CCC(C2)O3)cc1. The fraction of sp³-hybridized carbons (Fsp3) is 0.500. The number of fused-ring (bicyclic) bond motifs is 2. The Balaban J connectivity index is 1.89. The van der Waals surface area contributed by atoms with E-state index >= 15 is 0 Å². The predicted molar refractivity (Wildman–Crippen MR) is 62.2 cm³/mol. The Labute approximate surface area is 101 Å². The van der Waals surface area contributed by atoms with Gasteiger partial charge in [-0.1, -0.05) is 12.1 Å². The first-order chi connectivity index (χ1) is 8.19. The minimum absolute atomic E-state index is 0.203. The average Bonchev–Trinajstić information content (AvgIpc) is 2.69. The number of rotatable bonds is 1. The van der Waals surface area contributed by atoms with Crippen LogP contribution in [0.4, 0.5) is 0 Å². The highest BCUT2D eigenvalue weighted by Crippen LogP contribution is 2.43. The molecule has 0 aliphatic carbocycles. The Morgan fingerprint density at radius 3 is 2.29 bits per heavy atom. The highest BCUT2D eigenvalue weighted by molar-refractivity contribution is 5.34. The molecule has 1 aromatic carbocycles. The fourth-order valence-corrected chi connectivity index (χ4v) is 3.01. The van der Waals surface area contributed by atoms with Gasteiger partial charge in [0.2, 0.25) is 0 Å². The quantitative estimate of drug-likeness (QED) is 0.802. The summed E-state index contributed by atoms with van der Waals surface area (Å²) in [6, 6.07) is 9.36. The summed E-state index contributed by atoms with van der Waals surface area (Å²) in [4.78, 5) is 0. The van der Waals surface area contributed by atoms with Crippen LogP contribution in [0.15, 0.2) is 24.3 Å². The van der Waals surface area contributed by atoms with E-state index in [1.807, 2.05) is 12.1 Å². The van der Waals surface area contributed by atoms with Gasteiger partial charge in [-0.3, -0.25) is 0 Å². The summed E-state index contributed by atoms with van der Waals surface area (Å²) < 4.78 is 5.75. The maximum Gasteiger partial charge on any atom is 0.0991 e. The van der Waals surface area contributed by atoms with Gasteiger partial charge in [0.05, 0.1) is 29.4 Å². The molecule has 3 rings (SSSR count). The molecule has 3 heteroatoms. The maximum atomic E-state index is 10.7.